The number of nitrogens with two attached hydrogens (primary N) is 1. The number of fused-ring (bicyclic) bond motifs is 3. The molecule has 10 nitrogen and oxygen atoms in total. The van der Waals surface area contributed by atoms with Crippen LogP contribution in [0.2, 0.25) is 0 Å². The highest BCUT2D eigenvalue weighted by Crippen LogP contribution is 2.53. The quantitative estimate of drug-likeness (QED) is 0.139. The number of phenols is 1. The third kappa shape index (κ3) is 3.22. The van der Waals surface area contributed by atoms with E-state index in [9.17, 15) is 34.8 Å². The number of carbonyl (C=O) groups is 3. The topological polar surface area (TPSA) is 173 Å². The lowest BCUT2D eigenvalue weighted by molar-refractivity contribution is -0.153. The number of benzene rings is 1. The molecule has 5 atom stereocenters. The van der Waals surface area contributed by atoms with Gasteiger partial charge in [-0.1, -0.05) is 0 Å². The molecule has 7 N–H and O–H groups in total. The molecule has 0 heterocycles. The number of aromatic hydroxyl groups is 1. The van der Waals surface area contributed by atoms with E-state index < -0.39 is 58.0 Å². The fourth-order valence-electron chi connectivity index (χ4n) is 5.60. The normalized spacial score (nSPS) is 29.5. The van der Waals surface area contributed by atoms with Crippen molar-refractivity contribution >= 4 is 41.5 Å². The van der Waals surface area contributed by atoms with Gasteiger partial charge in [-0.15, -0.1) is 0 Å². The molecular weight excluding hydrogens is 462 g/mol. The molecular formula is C23H27N3O7S. The van der Waals surface area contributed by atoms with Crippen molar-refractivity contribution in [1.29, 1.82) is 0 Å². The molecule has 0 aromatic heterocycles. The molecule has 3 unspecified atom stereocenters. The molecule has 1 aromatic rings. The summed E-state index contributed by atoms with van der Waals surface area (Å²) >= 11 is 4.33. The van der Waals surface area contributed by atoms with Crippen LogP contribution in [0.5, 0.6) is 5.75 Å². The number of aliphatic hydroxyl groups excluding tert-OH is 2. The number of anilines is 1. The number of ketones is 2. The summed E-state index contributed by atoms with van der Waals surface area (Å²) in [5, 5.41) is 46.9. The number of Topliss-reactive ketones (excluding diaryl/α,β-unsaturated/α-hetero) is 2. The van der Waals surface area contributed by atoms with E-state index in [2.05, 4.69) is 17.9 Å². The predicted octanol–water partition coefficient (Wildman–Crippen LogP) is 0.652. The molecule has 1 saturated carbocycles. The fraction of sp³-hybridized carbons (Fsp3) is 0.435. The Bertz CT molecular complexity index is 1190. The molecule has 0 saturated heterocycles. The van der Waals surface area contributed by atoms with E-state index >= 15 is 0 Å². The van der Waals surface area contributed by atoms with Crippen molar-refractivity contribution in [3.05, 3.63) is 40.2 Å². The first-order chi connectivity index (χ1) is 15.8. The second-order valence-corrected chi connectivity index (χ2v) is 10.0. The number of phenolic OH excluding ortho intramolecular Hbond substituents is 1. The minimum atomic E-state index is -2.64. The first-order valence-electron chi connectivity index (χ1n) is 10.8. The average Bonchev–Trinajstić information content (AvgIpc) is 2.72. The summed E-state index contributed by atoms with van der Waals surface area (Å²) in [5.41, 5.74) is 2.86. The van der Waals surface area contributed by atoms with Gasteiger partial charge < -0.3 is 31.5 Å². The molecule has 0 spiro atoms. The summed E-state index contributed by atoms with van der Waals surface area (Å²) in [4.78, 5) is 40.2. The van der Waals surface area contributed by atoms with Crippen LogP contribution in [0.3, 0.4) is 0 Å². The molecule has 0 aliphatic heterocycles. The van der Waals surface area contributed by atoms with Gasteiger partial charge in [-0.2, -0.15) is 12.6 Å². The number of thiol groups is 1. The van der Waals surface area contributed by atoms with Crippen molar-refractivity contribution in [2.24, 2.45) is 17.6 Å². The van der Waals surface area contributed by atoms with Gasteiger partial charge in [0.05, 0.1) is 17.0 Å². The van der Waals surface area contributed by atoms with Gasteiger partial charge in [0.15, 0.2) is 11.4 Å². The number of rotatable bonds is 4. The lowest BCUT2D eigenvalue weighted by Crippen LogP contribution is -2.65. The van der Waals surface area contributed by atoms with E-state index in [0.29, 0.717) is 11.3 Å². The number of hydrogen-bond donors (Lipinski definition) is 7. The standard InChI is InChI=1S/C23H27N3O7S/c1-8(34)25-12-4-5-13(27)15-10(12)6-9-7-11-17(26(2)3)19(29)16(22(24)32)21(31)23(11,33)20(30)14(9)18(15)28/h4-5,8-9,11,17,25,27-28,31,33-34H,6-7H2,1-3H3,(H2,24,32)/t8?,9?,11?,17-,23-/m0/s1. The SMILES string of the molecule is CC(S)Nc1ccc(O)c2c1CC1CC3[C@H](N(C)C)C(=O)C(C(N)=O)=C(O)[C@@]3(O)C(=O)C1=C2O. The number of likely N-dealkylation sites (N-methyl/N-ethyl adjacent to an activating group) is 1. The zero-order chi connectivity index (χ0) is 25.3. The second kappa shape index (κ2) is 8.03. The molecule has 4 rings (SSSR count). The Morgan fingerprint density at radius 2 is 1.91 bits per heavy atom. The zero-order valence-corrected chi connectivity index (χ0v) is 19.8. The minimum Gasteiger partial charge on any atom is -0.508 e. The number of primary amides is 1. The van der Waals surface area contributed by atoms with Crippen molar-refractivity contribution in [3.8, 4) is 5.75 Å². The third-order valence-electron chi connectivity index (χ3n) is 6.97. The summed E-state index contributed by atoms with van der Waals surface area (Å²) < 4.78 is 0. The molecule has 3 aliphatic rings. The van der Waals surface area contributed by atoms with Crippen LogP contribution in [0, 0.1) is 11.8 Å². The monoisotopic (exact) mass is 489 g/mol. The van der Waals surface area contributed by atoms with E-state index in [1.165, 1.54) is 11.0 Å². The predicted molar refractivity (Wildman–Crippen MR) is 126 cm³/mol. The van der Waals surface area contributed by atoms with Crippen molar-refractivity contribution < 1.29 is 34.8 Å². The van der Waals surface area contributed by atoms with Gasteiger partial charge in [-0.25, -0.2) is 0 Å². The van der Waals surface area contributed by atoms with Gasteiger partial charge in [0.25, 0.3) is 5.91 Å². The largest absolute Gasteiger partial charge is 0.508 e. The molecule has 3 aliphatic carbocycles. The van der Waals surface area contributed by atoms with Gasteiger partial charge in [-0.05, 0) is 57.5 Å². The molecule has 34 heavy (non-hydrogen) atoms. The molecule has 0 radical (unpaired) electrons. The fourth-order valence-corrected chi connectivity index (χ4v) is 5.74. The molecule has 1 fully saturated rings. The Kier molecular flexibility index (Phi) is 5.70. The summed E-state index contributed by atoms with van der Waals surface area (Å²) in [6.45, 7) is 1.80. The van der Waals surface area contributed by atoms with Crippen molar-refractivity contribution in [2.75, 3.05) is 19.4 Å². The van der Waals surface area contributed by atoms with Crippen LogP contribution in [-0.4, -0.2) is 73.9 Å². The van der Waals surface area contributed by atoms with E-state index in [1.54, 1.807) is 27.1 Å². The van der Waals surface area contributed by atoms with Gasteiger partial charge in [0, 0.05) is 17.2 Å². The van der Waals surface area contributed by atoms with Crippen molar-refractivity contribution in [3.63, 3.8) is 0 Å². The number of aliphatic hydroxyl groups is 3. The van der Waals surface area contributed by atoms with E-state index in [4.69, 9.17) is 5.73 Å². The van der Waals surface area contributed by atoms with Crippen LogP contribution in [0.4, 0.5) is 5.69 Å². The first kappa shape index (κ1) is 24.1. The minimum absolute atomic E-state index is 0.0373. The number of carbonyl (C=O) groups excluding carboxylic acids is 3. The Hall–Kier alpha value is -3.02. The van der Waals surface area contributed by atoms with Crippen LogP contribution in [0.15, 0.2) is 29.0 Å². The lowest BCUT2D eigenvalue weighted by atomic mass is 9.57. The van der Waals surface area contributed by atoms with Crippen molar-refractivity contribution in [2.45, 2.75) is 36.8 Å². The maximum atomic E-state index is 13.7. The number of amides is 1. The Morgan fingerprint density at radius 1 is 1.26 bits per heavy atom. The zero-order valence-electron chi connectivity index (χ0n) is 18.9. The van der Waals surface area contributed by atoms with Gasteiger partial charge >= 0.3 is 0 Å². The van der Waals surface area contributed by atoms with Crippen LogP contribution >= 0.6 is 12.6 Å². The summed E-state index contributed by atoms with van der Waals surface area (Å²) in [5.74, 6) is -6.71. The highest BCUT2D eigenvalue weighted by Gasteiger charge is 2.64. The molecule has 182 valence electrons. The average molecular weight is 490 g/mol. The summed E-state index contributed by atoms with van der Waals surface area (Å²) in [6, 6.07) is 1.89. The Morgan fingerprint density at radius 3 is 2.47 bits per heavy atom. The van der Waals surface area contributed by atoms with E-state index in [-0.39, 0.29) is 35.1 Å². The Labute approximate surface area is 201 Å². The highest BCUT2D eigenvalue weighted by atomic mass is 32.1. The van der Waals surface area contributed by atoms with Crippen LogP contribution in [0.1, 0.15) is 24.5 Å². The van der Waals surface area contributed by atoms with Crippen LogP contribution in [-0.2, 0) is 20.8 Å². The number of hydrogen-bond acceptors (Lipinski definition) is 10. The second-order valence-electron chi connectivity index (χ2n) is 9.27. The van der Waals surface area contributed by atoms with Crippen molar-refractivity contribution in [1.82, 2.24) is 4.90 Å². The number of nitrogens with zero attached hydrogens (tertiary/aromatic N) is 1. The lowest BCUT2D eigenvalue weighted by Gasteiger charge is -2.50. The van der Waals surface area contributed by atoms with E-state index in [0.717, 1.165) is 0 Å². The smallest absolute Gasteiger partial charge is 0.255 e. The van der Waals surface area contributed by atoms with Crippen LogP contribution in [0.25, 0.3) is 5.76 Å². The third-order valence-corrected chi connectivity index (χ3v) is 7.10. The maximum Gasteiger partial charge on any atom is 0.255 e. The molecule has 1 aromatic carbocycles. The number of nitrogens with one attached hydrogen (secondary N) is 1. The summed E-state index contributed by atoms with van der Waals surface area (Å²) in [7, 11) is 3.11. The Balaban J connectivity index is 1.96. The first-order valence-corrected chi connectivity index (χ1v) is 11.3. The van der Waals surface area contributed by atoms with Gasteiger partial charge in [-0.3, -0.25) is 19.3 Å². The highest BCUT2D eigenvalue weighted by molar-refractivity contribution is 7.81. The maximum absolute atomic E-state index is 13.7. The molecule has 11 heteroatoms. The molecule has 0 bridgehead atoms. The summed E-state index contributed by atoms with van der Waals surface area (Å²) in [6.07, 6.45) is 0.253. The molecule has 1 amide bonds. The van der Waals surface area contributed by atoms with Crippen LogP contribution < -0.4 is 11.1 Å². The van der Waals surface area contributed by atoms with Gasteiger partial charge in [0.1, 0.15) is 22.8 Å². The van der Waals surface area contributed by atoms with E-state index in [1.807, 2.05) is 0 Å². The van der Waals surface area contributed by atoms with Gasteiger partial charge in [0.2, 0.25) is 5.78 Å².